The highest BCUT2D eigenvalue weighted by Crippen LogP contribution is 2.37. The van der Waals surface area contributed by atoms with Crippen molar-refractivity contribution in [3.63, 3.8) is 0 Å². The number of aliphatic hydroxyl groups is 1. The van der Waals surface area contributed by atoms with Crippen molar-refractivity contribution in [1.29, 1.82) is 0 Å². The zero-order valence-corrected chi connectivity index (χ0v) is 22.5. The molecule has 8 nitrogen and oxygen atoms in total. The number of amides is 2. The summed E-state index contributed by atoms with van der Waals surface area (Å²) in [6.45, 7) is 11.8. The van der Waals surface area contributed by atoms with Crippen LogP contribution in [0.15, 0.2) is 60.7 Å². The molecule has 9 heteroatoms. The monoisotopic (exact) mass is 502 g/mol. The molecule has 0 aromatic heterocycles. The first-order valence-electron chi connectivity index (χ1n) is 11.7. The molecule has 2 amide bonds. The van der Waals surface area contributed by atoms with Crippen LogP contribution >= 0.6 is 0 Å². The molecule has 0 spiro atoms. The van der Waals surface area contributed by atoms with Crippen molar-refractivity contribution in [2.75, 3.05) is 6.61 Å². The molecule has 0 aliphatic rings. The predicted octanol–water partition coefficient (Wildman–Crippen LogP) is 5.24. The lowest BCUT2D eigenvalue weighted by Gasteiger charge is -2.42. The summed E-state index contributed by atoms with van der Waals surface area (Å²) in [4.78, 5) is 25.7. The third-order valence-electron chi connectivity index (χ3n) is 6.17. The Morgan fingerprint density at radius 1 is 0.943 bits per heavy atom. The predicted molar refractivity (Wildman–Crippen MR) is 137 cm³/mol. The Morgan fingerprint density at radius 3 is 1.89 bits per heavy atom. The summed E-state index contributed by atoms with van der Waals surface area (Å²) >= 11 is 0. The van der Waals surface area contributed by atoms with Crippen LogP contribution < -0.4 is 5.43 Å². The van der Waals surface area contributed by atoms with Gasteiger partial charge in [0.15, 0.2) is 8.32 Å². The highest BCUT2D eigenvalue weighted by molar-refractivity contribution is 6.74. The van der Waals surface area contributed by atoms with E-state index in [4.69, 9.17) is 13.9 Å². The van der Waals surface area contributed by atoms with Crippen LogP contribution in [0.25, 0.3) is 0 Å². The number of carbonyl (C=O) groups is 2. The van der Waals surface area contributed by atoms with Gasteiger partial charge in [-0.25, -0.2) is 20.0 Å². The molecule has 192 valence electrons. The second-order valence-electron chi connectivity index (χ2n) is 9.92. The molecule has 0 unspecified atom stereocenters. The smallest absolute Gasteiger partial charge is 0.429 e. The first kappa shape index (κ1) is 28.4. The fourth-order valence-corrected chi connectivity index (χ4v) is 4.51. The number of rotatable bonds is 9. The number of aliphatic hydroxyl groups excluding tert-OH is 1. The zero-order valence-electron chi connectivity index (χ0n) is 21.5. The Morgan fingerprint density at radius 2 is 1.43 bits per heavy atom. The Hall–Kier alpha value is -2.88. The second-order valence-corrected chi connectivity index (χ2v) is 14.7. The topological polar surface area (TPSA) is 97.3 Å². The molecule has 2 rings (SSSR count). The van der Waals surface area contributed by atoms with Crippen molar-refractivity contribution < 1.29 is 28.6 Å². The number of carbonyl (C=O) groups excluding carboxylic acids is 2. The highest BCUT2D eigenvalue weighted by Gasteiger charge is 2.41. The normalized spacial score (nSPS) is 13.5. The molecule has 0 heterocycles. The number of hydrazine groups is 1. The summed E-state index contributed by atoms with van der Waals surface area (Å²) < 4.78 is 17.1. The molecule has 35 heavy (non-hydrogen) atoms. The Kier molecular flexibility index (Phi) is 10.3. The van der Waals surface area contributed by atoms with Gasteiger partial charge in [0.25, 0.3) is 0 Å². The van der Waals surface area contributed by atoms with Crippen LogP contribution in [0.2, 0.25) is 18.1 Å². The van der Waals surface area contributed by atoms with Crippen LogP contribution in [0, 0.1) is 0 Å². The van der Waals surface area contributed by atoms with Gasteiger partial charge in [0, 0.05) is 0 Å². The van der Waals surface area contributed by atoms with E-state index < -0.39 is 39.3 Å². The molecule has 0 aliphatic heterocycles. The molecule has 0 fully saturated rings. The fraction of sp³-hybridized carbons (Fsp3) is 0.462. The van der Waals surface area contributed by atoms with Crippen molar-refractivity contribution >= 4 is 20.5 Å². The second kappa shape index (κ2) is 12.7. The van der Waals surface area contributed by atoms with Gasteiger partial charge < -0.3 is 19.0 Å². The van der Waals surface area contributed by atoms with Gasteiger partial charge in [-0.2, -0.15) is 0 Å². The first-order valence-corrected chi connectivity index (χ1v) is 14.6. The van der Waals surface area contributed by atoms with Gasteiger partial charge in [-0.1, -0.05) is 81.4 Å². The highest BCUT2D eigenvalue weighted by atomic mass is 28.4. The number of ether oxygens (including phenoxy) is 2. The maximum Gasteiger partial charge on any atom is 0.429 e. The molecule has 2 atom stereocenters. The summed E-state index contributed by atoms with van der Waals surface area (Å²) in [5.74, 6) is 0. The van der Waals surface area contributed by atoms with Crippen molar-refractivity contribution in [3.8, 4) is 0 Å². The third kappa shape index (κ3) is 8.68. The lowest BCUT2D eigenvalue weighted by atomic mass is 10.2. The van der Waals surface area contributed by atoms with E-state index in [-0.39, 0.29) is 18.3 Å². The molecule has 0 saturated heterocycles. The molecule has 2 aromatic carbocycles. The van der Waals surface area contributed by atoms with Crippen LogP contribution in [0.5, 0.6) is 0 Å². The van der Waals surface area contributed by atoms with Crippen molar-refractivity contribution in [2.45, 2.75) is 71.2 Å². The molecule has 0 radical (unpaired) electrons. The molecule has 2 aromatic rings. The molecule has 0 saturated carbocycles. The Bertz CT molecular complexity index is 934. The standard InChI is InChI=1S/C26H38N2O6Si/c1-20(34-35(5,6)26(2,3)4)23(17-29)28(25(31)33-19-22-15-11-8-12-16-22)27-24(30)32-18-21-13-9-7-10-14-21/h7-16,20,23,29H,17-19H2,1-6H3,(H,27,30)/t20-,23+/m0/s1. The van der Waals surface area contributed by atoms with Crippen LogP contribution in [-0.4, -0.2) is 49.4 Å². The average Bonchev–Trinajstić information content (AvgIpc) is 2.81. The fourth-order valence-electron chi connectivity index (χ4n) is 3.07. The van der Waals surface area contributed by atoms with Crippen molar-refractivity contribution in [1.82, 2.24) is 10.4 Å². The number of hydrogen-bond acceptors (Lipinski definition) is 6. The van der Waals surface area contributed by atoms with Gasteiger partial charge in [0.1, 0.15) is 19.3 Å². The zero-order chi connectivity index (χ0) is 26.1. The summed E-state index contributed by atoms with van der Waals surface area (Å²) in [6.07, 6.45) is -2.25. The maximum absolute atomic E-state index is 13.1. The summed E-state index contributed by atoms with van der Waals surface area (Å²) in [5.41, 5.74) is 4.04. The Labute approximate surface area is 209 Å². The van der Waals surface area contributed by atoms with Crippen molar-refractivity contribution in [3.05, 3.63) is 71.8 Å². The summed E-state index contributed by atoms with van der Waals surface area (Å²) in [7, 11) is -2.23. The largest absolute Gasteiger partial charge is 0.443 e. The maximum atomic E-state index is 13.1. The quantitative estimate of drug-likeness (QED) is 0.360. The van der Waals surface area contributed by atoms with Crippen molar-refractivity contribution in [2.24, 2.45) is 0 Å². The SMILES string of the molecule is C[C@H](O[Si](C)(C)C(C)(C)C)[C@@H](CO)N(NC(=O)OCc1ccccc1)C(=O)OCc1ccccc1. The summed E-state index contributed by atoms with van der Waals surface area (Å²) in [5, 5.41) is 11.1. The van der Waals surface area contributed by atoms with E-state index in [9.17, 15) is 14.7 Å². The van der Waals surface area contributed by atoms with E-state index >= 15 is 0 Å². The van der Waals surface area contributed by atoms with Gasteiger partial charge in [-0.15, -0.1) is 0 Å². The molecule has 0 aliphatic carbocycles. The van der Waals surface area contributed by atoms with E-state index in [1.165, 1.54) is 0 Å². The first-order chi connectivity index (χ1) is 16.4. The number of benzene rings is 2. The molecular weight excluding hydrogens is 464 g/mol. The van der Waals surface area contributed by atoms with E-state index in [0.29, 0.717) is 0 Å². The van der Waals surface area contributed by atoms with Crippen LogP contribution in [0.1, 0.15) is 38.8 Å². The number of hydrogen-bond donors (Lipinski definition) is 2. The van der Waals surface area contributed by atoms with Crippen LogP contribution in [0.4, 0.5) is 9.59 Å². The lowest BCUT2D eigenvalue weighted by molar-refractivity contribution is -0.00582. The van der Waals surface area contributed by atoms with Crippen LogP contribution in [0.3, 0.4) is 0 Å². The van der Waals surface area contributed by atoms with E-state index in [2.05, 4.69) is 39.3 Å². The Balaban J connectivity index is 2.17. The minimum atomic E-state index is -2.23. The van der Waals surface area contributed by atoms with Gasteiger partial charge >= 0.3 is 12.2 Å². The number of nitrogens with one attached hydrogen (secondary N) is 1. The molecular formula is C26H38N2O6Si. The van der Waals surface area contributed by atoms with Gasteiger partial charge in [-0.05, 0) is 36.2 Å². The number of nitrogens with zero attached hydrogens (tertiary/aromatic N) is 1. The van der Waals surface area contributed by atoms with E-state index in [1.54, 1.807) is 6.92 Å². The minimum absolute atomic E-state index is 0.00649. The van der Waals surface area contributed by atoms with Gasteiger partial charge in [-0.3, -0.25) is 0 Å². The summed E-state index contributed by atoms with van der Waals surface area (Å²) in [6, 6.07) is 17.5. The lowest BCUT2D eigenvalue weighted by Crippen LogP contribution is -2.59. The van der Waals surface area contributed by atoms with E-state index in [1.807, 2.05) is 60.7 Å². The third-order valence-corrected chi connectivity index (χ3v) is 10.7. The minimum Gasteiger partial charge on any atom is -0.443 e. The van der Waals surface area contributed by atoms with Gasteiger partial charge in [0.05, 0.1) is 12.7 Å². The van der Waals surface area contributed by atoms with Crippen LogP contribution in [-0.2, 0) is 27.1 Å². The van der Waals surface area contributed by atoms with E-state index in [0.717, 1.165) is 16.1 Å². The van der Waals surface area contributed by atoms with Gasteiger partial charge in [0.2, 0.25) is 0 Å². The molecule has 0 bridgehead atoms. The molecule has 2 N–H and O–H groups in total. The average molecular weight is 503 g/mol.